The number of rotatable bonds is 4. The van der Waals surface area contributed by atoms with Crippen LogP contribution < -0.4 is 14.8 Å². The van der Waals surface area contributed by atoms with Crippen LogP contribution in [0, 0.1) is 0 Å². The number of aliphatic hydroxyl groups is 1. The Morgan fingerprint density at radius 1 is 1.29 bits per heavy atom. The van der Waals surface area contributed by atoms with Gasteiger partial charge in [-0.15, -0.1) is 0 Å². The Labute approximate surface area is 191 Å². The number of carbonyl (C=O) groups excluding carboxylic acids is 1. The molecule has 2 bridgehead atoms. The summed E-state index contributed by atoms with van der Waals surface area (Å²) in [5.41, 5.74) is -0.579. The first-order chi connectivity index (χ1) is 16.1. The third-order valence-electron chi connectivity index (χ3n) is 7.15. The van der Waals surface area contributed by atoms with Crippen molar-refractivity contribution in [2.75, 3.05) is 7.11 Å². The Kier molecular flexibility index (Phi) is 4.27. The van der Waals surface area contributed by atoms with Crippen LogP contribution in [0.1, 0.15) is 42.9 Å². The van der Waals surface area contributed by atoms with Crippen molar-refractivity contribution in [1.82, 2.24) is 20.1 Å². The van der Waals surface area contributed by atoms with Gasteiger partial charge in [0, 0.05) is 35.2 Å². The van der Waals surface area contributed by atoms with E-state index in [1.807, 2.05) is 16.9 Å². The van der Waals surface area contributed by atoms with Crippen LogP contribution in [0.3, 0.4) is 0 Å². The number of fused-ring (bicyclic) bond motifs is 2. The number of benzene rings is 1. The molecule has 0 radical (unpaired) electrons. The van der Waals surface area contributed by atoms with Crippen LogP contribution in [-0.4, -0.2) is 44.5 Å². The highest BCUT2D eigenvalue weighted by atomic mass is 19.4. The predicted molar refractivity (Wildman–Crippen MR) is 112 cm³/mol. The van der Waals surface area contributed by atoms with E-state index >= 15 is 0 Å². The fourth-order valence-corrected chi connectivity index (χ4v) is 5.50. The zero-order valence-electron chi connectivity index (χ0n) is 18.1. The lowest BCUT2D eigenvalue weighted by molar-refractivity contribution is -0.164. The van der Waals surface area contributed by atoms with E-state index in [1.54, 1.807) is 13.3 Å². The van der Waals surface area contributed by atoms with Crippen molar-refractivity contribution >= 4 is 16.8 Å². The first-order valence-electron chi connectivity index (χ1n) is 10.9. The number of halogens is 3. The lowest BCUT2D eigenvalue weighted by Crippen LogP contribution is -2.79. The number of amides is 1. The molecular formula is C23H21F3N4O4. The van der Waals surface area contributed by atoms with Gasteiger partial charge in [-0.2, -0.15) is 18.3 Å². The highest BCUT2D eigenvalue weighted by Crippen LogP contribution is 2.65. The number of hydrogen-bond acceptors (Lipinski definition) is 6. The molecule has 34 heavy (non-hydrogen) atoms. The molecule has 0 unspecified atom stereocenters. The summed E-state index contributed by atoms with van der Waals surface area (Å²) >= 11 is 0. The van der Waals surface area contributed by atoms with Gasteiger partial charge in [-0.1, -0.05) is 0 Å². The van der Waals surface area contributed by atoms with E-state index in [0.29, 0.717) is 25.1 Å². The monoisotopic (exact) mass is 474 g/mol. The molecule has 178 valence electrons. The van der Waals surface area contributed by atoms with Crippen molar-refractivity contribution < 1.29 is 32.5 Å². The van der Waals surface area contributed by atoms with E-state index < -0.39 is 23.9 Å². The SMILES string of the molecule is COc1cc2cn(C34CC(NC(=O)[C@H]5C[C@@H](O)c6cc(C(F)(F)F)ccc6O5)(C3)C4)nc2cn1. The maximum Gasteiger partial charge on any atom is 0.416 e. The zero-order chi connectivity index (χ0) is 23.9. The van der Waals surface area contributed by atoms with Gasteiger partial charge in [0.05, 0.1) is 30.5 Å². The summed E-state index contributed by atoms with van der Waals surface area (Å²) in [6.45, 7) is 0. The highest BCUT2D eigenvalue weighted by Gasteiger charge is 2.70. The molecule has 3 fully saturated rings. The maximum absolute atomic E-state index is 13.0. The standard InChI is InChI=1S/C23H21F3N4O4/c1-33-19-4-12-8-30(29-15(12)7-27-19)22-9-21(10-22,11-22)28-20(32)18-6-16(31)14-5-13(23(24,25)26)2-3-17(14)34-18/h2-5,7-8,16,18,31H,6,9-11H2,1H3,(H,28,32)/t16-,18-,21?,22?/m1/s1. The first kappa shape index (κ1) is 21.2. The Balaban J connectivity index is 1.12. The van der Waals surface area contributed by atoms with E-state index in [1.165, 1.54) is 0 Å². The molecule has 3 heterocycles. The molecule has 3 aromatic rings. The molecule has 1 aromatic carbocycles. The minimum absolute atomic E-state index is 0.0419. The molecule has 2 atom stereocenters. The summed E-state index contributed by atoms with van der Waals surface area (Å²) < 4.78 is 51.7. The molecule has 0 spiro atoms. The second-order valence-corrected chi connectivity index (χ2v) is 9.49. The molecule has 4 aliphatic rings. The minimum Gasteiger partial charge on any atom is -0.481 e. The number of pyridine rings is 1. The van der Waals surface area contributed by atoms with Crippen molar-refractivity contribution in [3.8, 4) is 11.6 Å². The van der Waals surface area contributed by atoms with Gasteiger partial charge in [-0.25, -0.2) is 4.98 Å². The van der Waals surface area contributed by atoms with E-state index in [2.05, 4.69) is 15.4 Å². The Morgan fingerprint density at radius 3 is 2.76 bits per heavy atom. The van der Waals surface area contributed by atoms with Crippen LogP contribution in [-0.2, 0) is 16.5 Å². The van der Waals surface area contributed by atoms with Crippen molar-refractivity contribution in [3.05, 3.63) is 47.8 Å². The number of nitrogens with zero attached hydrogens (tertiary/aromatic N) is 3. The van der Waals surface area contributed by atoms with Crippen molar-refractivity contribution in [2.45, 2.75) is 55.1 Å². The summed E-state index contributed by atoms with van der Waals surface area (Å²) in [6.07, 6.45) is -1.07. The average molecular weight is 474 g/mol. The normalized spacial score (nSPS) is 29.4. The molecular weight excluding hydrogens is 453 g/mol. The second-order valence-electron chi connectivity index (χ2n) is 9.49. The summed E-state index contributed by atoms with van der Waals surface area (Å²) in [5, 5.41) is 19.0. The van der Waals surface area contributed by atoms with Crippen molar-refractivity contribution in [1.29, 1.82) is 0 Å². The fraction of sp³-hybridized carbons (Fsp3) is 0.435. The van der Waals surface area contributed by atoms with E-state index in [9.17, 15) is 23.1 Å². The molecule has 3 aliphatic carbocycles. The van der Waals surface area contributed by atoms with E-state index in [0.717, 1.165) is 29.1 Å². The Morgan fingerprint density at radius 2 is 2.06 bits per heavy atom. The van der Waals surface area contributed by atoms with Gasteiger partial charge in [0.15, 0.2) is 6.10 Å². The number of methoxy groups -OCH3 is 1. The van der Waals surface area contributed by atoms with Crippen molar-refractivity contribution in [2.24, 2.45) is 0 Å². The highest BCUT2D eigenvalue weighted by molar-refractivity contribution is 5.83. The van der Waals surface area contributed by atoms with Gasteiger partial charge in [-0.3, -0.25) is 9.48 Å². The molecule has 8 nitrogen and oxygen atoms in total. The van der Waals surface area contributed by atoms with Crippen LogP contribution in [0.4, 0.5) is 13.2 Å². The lowest BCUT2D eigenvalue weighted by Gasteiger charge is -2.70. The molecule has 3 saturated carbocycles. The quantitative estimate of drug-likeness (QED) is 0.603. The van der Waals surface area contributed by atoms with E-state index in [-0.39, 0.29) is 34.7 Å². The number of hydrogen-bond donors (Lipinski definition) is 2. The van der Waals surface area contributed by atoms with Crippen LogP contribution >= 0.6 is 0 Å². The fourth-order valence-electron chi connectivity index (χ4n) is 5.50. The summed E-state index contributed by atoms with van der Waals surface area (Å²) in [5.74, 6) is 0.227. The zero-order valence-corrected chi connectivity index (χ0v) is 18.1. The third kappa shape index (κ3) is 3.13. The largest absolute Gasteiger partial charge is 0.481 e. The van der Waals surface area contributed by atoms with Gasteiger partial charge in [0.1, 0.15) is 11.3 Å². The van der Waals surface area contributed by atoms with Crippen LogP contribution in [0.25, 0.3) is 10.9 Å². The average Bonchev–Trinajstić information content (AvgIpc) is 3.16. The number of ether oxygens (including phenoxy) is 2. The van der Waals surface area contributed by atoms with Gasteiger partial charge in [-0.05, 0) is 37.5 Å². The second kappa shape index (κ2) is 6.84. The van der Waals surface area contributed by atoms with Crippen LogP contribution in [0.5, 0.6) is 11.6 Å². The summed E-state index contributed by atoms with van der Waals surface area (Å²) in [7, 11) is 1.56. The number of alkyl halides is 3. The molecule has 2 N–H and O–H groups in total. The number of aromatic nitrogens is 3. The third-order valence-corrected chi connectivity index (χ3v) is 7.15. The number of carbonyl (C=O) groups is 1. The Bertz CT molecular complexity index is 1300. The van der Waals surface area contributed by atoms with Gasteiger partial charge < -0.3 is 19.9 Å². The topological polar surface area (TPSA) is 98.5 Å². The van der Waals surface area contributed by atoms with Crippen molar-refractivity contribution in [3.63, 3.8) is 0 Å². The molecule has 11 heteroatoms. The smallest absolute Gasteiger partial charge is 0.416 e. The number of nitrogens with one attached hydrogen (secondary N) is 1. The minimum atomic E-state index is -4.52. The van der Waals surface area contributed by atoms with Gasteiger partial charge in [0.2, 0.25) is 5.88 Å². The molecule has 0 saturated heterocycles. The maximum atomic E-state index is 13.0. The van der Waals surface area contributed by atoms with Gasteiger partial charge in [0.25, 0.3) is 5.91 Å². The van der Waals surface area contributed by atoms with Crippen LogP contribution in [0.15, 0.2) is 36.7 Å². The van der Waals surface area contributed by atoms with Gasteiger partial charge >= 0.3 is 6.18 Å². The van der Waals surface area contributed by atoms with E-state index in [4.69, 9.17) is 9.47 Å². The Hall–Kier alpha value is -3.34. The number of aliphatic hydroxyl groups excluding tert-OH is 1. The predicted octanol–water partition coefficient (Wildman–Crippen LogP) is 3.09. The first-order valence-corrected chi connectivity index (χ1v) is 10.9. The molecule has 1 amide bonds. The van der Waals surface area contributed by atoms with Crippen LogP contribution in [0.2, 0.25) is 0 Å². The molecule has 2 aromatic heterocycles. The summed E-state index contributed by atoms with van der Waals surface area (Å²) in [4.78, 5) is 17.1. The molecule has 7 rings (SSSR count). The molecule has 1 aliphatic heterocycles. The lowest BCUT2D eigenvalue weighted by atomic mass is 9.44. The summed E-state index contributed by atoms with van der Waals surface area (Å²) in [6, 6.07) is 4.74.